The molecule has 0 heterocycles. The molecule has 4 heteroatoms. The van der Waals surface area contributed by atoms with Crippen molar-refractivity contribution in [1.82, 2.24) is 0 Å². The van der Waals surface area contributed by atoms with Crippen LogP contribution in [0.4, 0.5) is 8.78 Å². The maximum absolute atomic E-state index is 13.7. The van der Waals surface area contributed by atoms with Gasteiger partial charge in [-0.2, -0.15) is 0 Å². The molecule has 0 aliphatic heterocycles. The zero-order chi connectivity index (χ0) is 13.0. The predicted molar refractivity (Wildman–Crippen MR) is 63.9 cm³/mol. The molecule has 0 aromatic heterocycles. The van der Waals surface area contributed by atoms with Crippen LogP contribution >= 0.6 is 0 Å². The first-order valence-corrected chi connectivity index (χ1v) is 5.74. The lowest BCUT2D eigenvalue weighted by Crippen LogP contribution is -2.15. The summed E-state index contributed by atoms with van der Waals surface area (Å²) >= 11 is 0. The molecule has 0 bridgehead atoms. The topological polar surface area (TPSA) is 35.2 Å². The third-order valence-corrected chi connectivity index (χ3v) is 2.71. The van der Waals surface area contributed by atoms with Crippen LogP contribution in [-0.2, 0) is 0 Å². The Balaban J connectivity index is 2.89. The molecule has 0 fully saturated rings. The highest BCUT2D eigenvalue weighted by Crippen LogP contribution is 2.27. The van der Waals surface area contributed by atoms with Gasteiger partial charge >= 0.3 is 0 Å². The Morgan fingerprint density at radius 2 is 1.71 bits per heavy atom. The van der Waals surface area contributed by atoms with E-state index in [0.717, 1.165) is 18.6 Å². The average Bonchev–Trinajstić information content (AvgIpc) is 2.25. The summed E-state index contributed by atoms with van der Waals surface area (Å²) in [7, 11) is 1.37. The lowest BCUT2D eigenvalue weighted by atomic mass is 9.97. The van der Waals surface area contributed by atoms with E-state index < -0.39 is 17.7 Å². The summed E-state index contributed by atoms with van der Waals surface area (Å²) in [6.45, 7) is 4.10. The number of halogens is 2. The van der Waals surface area contributed by atoms with E-state index in [4.69, 9.17) is 10.5 Å². The monoisotopic (exact) mass is 243 g/mol. The van der Waals surface area contributed by atoms with Gasteiger partial charge in [0.2, 0.25) is 0 Å². The van der Waals surface area contributed by atoms with Gasteiger partial charge in [-0.15, -0.1) is 0 Å². The van der Waals surface area contributed by atoms with Crippen LogP contribution in [0.1, 0.15) is 38.3 Å². The first kappa shape index (κ1) is 13.9. The fourth-order valence-electron chi connectivity index (χ4n) is 1.69. The molecule has 0 amide bonds. The summed E-state index contributed by atoms with van der Waals surface area (Å²) in [6.07, 6.45) is 1.41. The molecule has 1 atom stereocenters. The van der Waals surface area contributed by atoms with E-state index in [9.17, 15) is 8.78 Å². The van der Waals surface area contributed by atoms with Crippen molar-refractivity contribution in [3.05, 3.63) is 29.3 Å². The lowest BCUT2D eigenvalue weighted by Gasteiger charge is -2.16. The Kier molecular flexibility index (Phi) is 4.87. The summed E-state index contributed by atoms with van der Waals surface area (Å²) in [5, 5.41) is 0. The van der Waals surface area contributed by atoms with Gasteiger partial charge < -0.3 is 10.5 Å². The number of nitrogens with two attached hydrogens (primary N) is 1. The quantitative estimate of drug-likeness (QED) is 0.860. The Bertz CT molecular complexity index is 357. The van der Waals surface area contributed by atoms with Crippen LogP contribution in [0.5, 0.6) is 5.75 Å². The summed E-state index contributed by atoms with van der Waals surface area (Å²) < 4.78 is 32.1. The van der Waals surface area contributed by atoms with Crippen molar-refractivity contribution in [3.8, 4) is 5.75 Å². The zero-order valence-corrected chi connectivity index (χ0v) is 10.5. The van der Waals surface area contributed by atoms with Gasteiger partial charge in [-0.3, -0.25) is 0 Å². The molecule has 96 valence electrons. The highest BCUT2D eigenvalue weighted by molar-refractivity contribution is 5.32. The number of ether oxygens (including phenoxy) is 1. The molecule has 0 saturated heterocycles. The average molecular weight is 243 g/mol. The van der Waals surface area contributed by atoms with Gasteiger partial charge in [0.05, 0.1) is 7.11 Å². The number of benzene rings is 1. The maximum Gasteiger partial charge on any atom is 0.134 e. The molecule has 0 aliphatic rings. The van der Waals surface area contributed by atoms with E-state index in [1.165, 1.54) is 7.11 Å². The summed E-state index contributed by atoms with van der Waals surface area (Å²) in [4.78, 5) is 0. The smallest absolute Gasteiger partial charge is 0.134 e. The molecule has 17 heavy (non-hydrogen) atoms. The predicted octanol–water partition coefficient (Wildman–Crippen LogP) is 3.41. The van der Waals surface area contributed by atoms with Crippen LogP contribution in [0, 0.1) is 17.6 Å². The molecule has 0 radical (unpaired) electrons. The number of rotatable bonds is 5. The fourth-order valence-corrected chi connectivity index (χ4v) is 1.69. The Hall–Kier alpha value is -1.16. The molecular weight excluding hydrogens is 224 g/mol. The van der Waals surface area contributed by atoms with Crippen LogP contribution in [0.15, 0.2) is 12.1 Å². The first-order chi connectivity index (χ1) is 7.95. The normalized spacial score (nSPS) is 12.9. The second-order valence-electron chi connectivity index (χ2n) is 4.58. The third-order valence-electron chi connectivity index (χ3n) is 2.71. The van der Waals surface area contributed by atoms with Gasteiger partial charge in [0, 0.05) is 23.7 Å². The number of hydrogen-bond acceptors (Lipinski definition) is 2. The van der Waals surface area contributed by atoms with E-state index in [1.807, 2.05) is 13.8 Å². The molecule has 1 aromatic rings. The van der Waals surface area contributed by atoms with Gasteiger partial charge in [0.1, 0.15) is 17.4 Å². The van der Waals surface area contributed by atoms with Crippen molar-refractivity contribution in [2.45, 2.75) is 32.7 Å². The van der Waals surface area contributed by atoms with Gasteiger partial charge in [-0.1, -0.05) is 13.8 Å². The molecular formula is C13H19F2NO. The Morgan fingerprint density at radius 3 is 2.12 bits per heavy atom. The lowest BCUT2D eigenvalue weighted by molar-refractivity contribution is 0.401. The second kappa shape index (κ2) is 5.96. The van der Waals surface area contributed by atoms with Crippen LogP contribution in [0.2, 0.25) is 0 Å². The summed E-state index contributed by atoms with van der Waals surface area (Å²) in [5.74, 6) is -0.651. The highest BCUT2D eigenvalue weighted by atomic mass is 19.1. The van der Waals surface area contributed by atoms with Gasteiger partial charge in [-0.05, 0) is 18.8 Å². The van der Waals surface area contributed by atoms with Crippen molar-refractivity contribution in [2.24, 2.45) is 11.7 Å². The van der Waals surface area contributed by atoms with E-state index in [2.05, 4.69) is 0 Å². The summed E-state index contributed by atoms with van der Waals surface area (Å²) in [6, 6.07) is 1.71. The third kappa shape index (κ3) is 3.66. The standard InChI is InChI=1S/C13H19F2NO/c1-8(2)4-5-12(16)13-10(14)6-9(17-3)7-11(13)15/h6-8,12H,4-5,16H2,1-3H3/t12-/m1/s1. The van der Waals surface area contributed by atoms with Gasteiger partial charge in [-0.25, -0.2) is 8.78 Å². The van der Waals surface area contributed by atoms with Crippen molar-refractivity contribution in [3.63, 3.8) is 0 Å². The van der Waals surface area contributed by atoms with Crippen LogP contribution in [-0.4, -0.2) is 7.11 Å². The van der Waals surface area contributed by atoms with Crippen LogP contribution in [0.25, 0.3) is 0 Å². The molecule has 1 rings (SSSR count). The van der Waals surface area contributed by atoms with E-state index in [0.29, 0.717) is 12.3 Å². The molecule has 0 spiro atoms. The van der Waals surface area contributed by atoms with Gasteiger partial charge in [0.15, 0.2) is 0 Å². The van der Waals surface area contributed by atoms with Crippen molar-refractivity contribution in [2.75, 3.05) is 7.11 Å². The Morgan fingerprint density at radius 1 is 1.18 bits per heavy atom. The van der Waals surface area contributed by atoms with Gasteiger partial charge in [0.25, 0.3) is 0 Å². The van der Waals surface area contributed by atoms with Crippen molar-refractivity contribution < 1.29 is 13.5 Å². The van der Waals surface area contributed by atoms with E-state index >= 15 is 0 Å². The molecule has 2 N–H and O–H groups in total. The molecule has 2 nitrogen and oxygen atoms in total. The number of hydrogen-bond donors (Lipinski definition) is 1. The fraction of sp³-hybridized carbons (Fsp3) is 0.538. The van der Waals surface area contributed by atoms with Crippen LogP contribution < -0.4 is 10.5 Å². The molecule has 0 saturated carbocycles. The minimum Gasteiger partial charge on any atom is -0.497 e. The summed E-state index contributed by atoms with van der Waals surface area (Å²) in [5.41, 5.74) is 5.77. The molecule has 1 aromatic carbocycles. The molecule has 0 aliphatic carbocycles. The van der Waals surface area contributed by atoms with Crippen molar-refractivity contribution >= 4 is 0 Å². The first-order valence-electron chi connectivity index (χ1n) is 5.74. The van der Waals surface area contributed by atoms with E-state index in [1.54, 1.807) is 0 Å². The SMILES string of the molecule is COc1cc(F)c([C@H](N)CCC(C)C)c(F)c1. The second-order valence-corrected chi connectivity index (χ2v) is 4.58. The van der Waals surface area contributed by atoms with Crippen LogP contribution in [0.3, 0.4) is 0 Å². The largest absolute Gasteiger partial charge is 0.497 e. The van der Waals surface area contributed by atoms with E-state index in [-0.39, 0.29) is 11.3 Å². The number of methoxy groups -OCH3 is 1. The van der Waals surface area contributed by atoms with Crippen molar-refractivity contribution in [1.29, 1.82) is 0 Å². The highest BCUT2D eigenvalue weighted by Gasteiger charge is 2.18. The Labute approximate surface area is 101 Å². The zero-order valence-electron chi connectivity index (χ0n) is 10.5. The maximum atomic E-state index is 13.7. The minimum atomic E-state index is -0.641. The minimum absolute atomic E-state index is 0.0496. The molecule has 0 unspecified atom stereocenters.